The molecule has 0 fully saturated rings. The summed E-state index contributed by atoms with van der Waals surface area (Å²) in [6.45, 7) is 5.47. The molecule has 0 radical (unpaired) electrons. The summed E-state index contributed by atoms with van der Waals surface area (Å²) in [5, 5.41) is 0. The van der Waals surface area contributed by atoms with Crippen LogP contribution in [0, 0.1) is 0 Å². The van der Waals surface area contributed by atoms with Gasteiger partial charge in [0.25, 0.3) is 0 Å². The molecule has 0 nitrogen and oxygen atoms in total. The van der Waals surface area contributed by atoms with Crippen LogP contribution >= 0.6 is 0 Å². The molecular formula is C10H17F. The number of rotatable bonds is 6. The van der Waals surface area contributed by atoms with Crippen molar-refractivity contribution in [2.75, 3.05) is 0 Å². The largest absolute Gasteiger partial charge is 0.247 e. The molecular weight excluding hydrogens is 139 g/mol. The quantitative estimate of drug-likeness (QED) is 0.407. The van der Waals surface area contributed by atoms with Crippen molar-refractivity contribution < 1.29 is 4.39 Å². The van der Waals surface area contributed by atoms with Gasteiger partial charge in [0, 0.05) is 0 Å². The molecule has 0 saturated carbocycles. The first-order valence-corrected chi connectivity index (χ1v) is 4.17. The Balaban J connectivity index is 3.16. The van der Waals surface area contributed by atoms with Crippen LogP contribution in [0.5, 0.6) is 0 Å². The van der Waals surface area contributed by atoms with Crippen LogP contribution in [0.25, 0.3) is 0 Å². The van der Waals surface area contributed by atoms with Crippen molar-refractivity contribution in [2.24, 2.45) is 0 Å². The summed E-state index contributed by atoms with van der Waals surface area (Å²) in [6, 6.07) is 0. The minimum Gasteiger partial charge on any atom is -0.247 e. The van der Waals surface area contributed by atoms with Gasteiger partial charge < -0.3 is 0 Å². The highest BCUT2D eigenvalue weighted by molar-refractivity contribution is 4.78. The molecule has 0 aromatic rings. The third-order valence-electron chi connectivity index (χ3n) is 1.55. The van der Waals surface area contributed by atoms with Gasteiger partial charge in [-0.2, -0.15) is 0 Å². The van der Waals surface area contributed by atoms with Gasteiger partial charge in [0.2, 0.25) is 0 Å². The third-order valence-corrected chi connectivity index (χ3v) is 1.55. The molecule has 1 atom stereocenters. The van der Waals surface area contributed by atoms with Gasteiger partial charge in [0.05, 0.1) is 0 Å². The van der Waals surface area contributed by atoms with Crippen LogP contribution in [0.2, 0.25) is 0 Å². The summed E-state index contributed by atoms with van der Waals surface area (Å²) in [7, 11) is 0. The Kier molecular flexibility index (Phi) is 7.11. The van der Waals surface area contributed by atoms with Crippen LogP contribution in [-0.4, -0.2) is 6.17 Å². The molecule has 0 aliphatic rings. The second-order valence-electron chi connectivity index (χ2n) is 2.62. The van der Waals surface area contributed by atoms with E-state index in [0.717, 1.165) is 12.8 Å². The average Bonchev–Trinajstić information content (AvgIpc) is 1.99. The lowest BCUT2D eigenvalue weighted by molar-refractivity contribution is 0.312. The zero-order valence-corrected chi connectivity index (χ0v) is 7.22. The maximum absolute atomic E-state index is 12.7. The Morgan fingerprint density at radius 2 is 2.27 bits per heavy atom. The second-order valence-corrected chi connectivity index (χ2v) is 2.62. The Morgan fingerprint density at radius 1 is 1.55 bits per heavy atom. The summed E-state index contributed by atoms with van der Waals surface area (Å²) in [5.41, 5.74) is 0. The maximum Gasteiger partial charge on any atom is 0.104 e. The minimum atomic E-state index is -0.683. The van der Waals surface area contributed by atoms with Crippen LogP contribution < -0.4 is 0 Å². The third kappa shape index (κ3) is 7.31. The van der Waals surface area contributed by atoms with E-state index in [9.17, 15) is 4.39 Å². The molecule has 0 bridgehead atoms. The van der Waals surface area contributed by atoms with E-state index >= 15 is 0 Å². The number of alkyl halides is 1. The first-order valence-electron chi connectivity index (χ1n) is 4.17. The zero-order valence-electron chi connectivity index (χ0n) is 7.22. The van der Waals surface area contributed by atoms with Gasteiger partial charge in [-0.1, -0.05) is 18.2 Å². The lowest BCUT2D eigenvalue weighted by Crippen LogP contribution is -1.96. The van der Waals surface area contributed by atoms with Gasteiger partial charge >= 0.3 is 0 Å². The molecule has 0 aromatic carbocycles. The molecule has 64 valence electrons. The van der Waals surface area contributed by atoms with Gasteiger partial charge in [0.1, 0.15) is 6.17 Å². The SMILES string of the molecule is C=CCC(F)CCCC=CC. The predicted molar refractivity (Wildman–Crippen MR) is 48.4 cm³/mol. The van der Waals surface area contributed by atoms with E-state index < -0.39 is 6.17 Å². The van der Waals surface area contributed by atoms with Gasteiger partial charge in [-0.3, -0.25) is 0 Å². The van der Waals surface area contributed by atoms with Crippen molar-refractivity contribution in [3.63, 3.8) is 0 Å². The molecule has 0 spiro atoms. The highest BCUT2D eigenvalue weighted by Gasteiger charge is 2.01. The summed E-state index contributed by atoms with van der Waals surface area (Å²) < 4.78 is 12.7. The Morgan fingerprint density at radius 3 is 2.82 bits per heavy atom. The first-order chi connectivity index (χ1) is 5.31. The van der Waals surface area contributed by atoms with E-state index in [4.69, 9.17) is 0 Å². The molecule has 1 heteroatoms. The Hall–Kier alpha value is -0.590. The van der Waals surface area contributed by atoms with Gasteiger partial charge in [-0.25, -0.2) is 4.39 Å². The van der Waals surface area contributed by atoms with Crippen molar-refractivity contribution in [1.82, 2.24) is 0 Å². The van der Waals surface area contributed by atoms with E-state index in [1.54, 1.807) is 6.08 Å². The highest BCUT2D eigenvalue weighted by Crippen LogP contribution is 2.08. The van der Waals surface area contributed by atoms with E-state index in [1.165, 1.54) is 0 Å². The lowest BCUT2D eigenvalue weighted by atomic mass is 10.1. The van der Waals surface area contributed by atoms with Crippen LogP contribution in [-0.2, 0) is 0 Å². The number of halogens is 1. The Bertz CT molecular complexity index is 116. The topological polar surface area (TPSA) is 0 Å². The maximum atomic E-state index is 12.7. The number of hydrogen-bond donors (Lipinski definition) is 0. The van der Waals surface area contributed by atoms with Gasteiger partial charge in [-0.15, -0.1) is 6.58 Å². The van der Waals surface area contributed by atoms with Gasteiger partial charge in [-0.05, 0) is 32.6 Å². The van der Waals surface area contributed by atoms with Crippen molar-refractivity contribution in [3.05, 3.63) is 24.8 Å². The molecule has 0 saturated heterocycles. The molecule has 1 unspecified atom stereocenters. The standard InChI is InChI=1S/C10H17F/c1-3-5-6-7-9-10(11)8-4-2/h3-5,10H,2,6-9H2,1H3. The van der Waals surface area contributed by atoms with Crippen LogP contribution in [0.4, 0.5) is 4.39 Å². The monoisotopic (exact) mass is 156 g/mol. The first kappa shape index (κ1) is 10.4. The fourth-order valence-electron chi connectivity index (χ4n) is 0.923. The Labute approximate surface area is 68.8 Å². The van der Waals surface area contributed by atoms with Crippen molar-refractivity contribution >= 4 is 0 Å². The number of hydrogen-bond acceptors (Lipinski definition) is 0. The highest BCUT2D eigenvalue weighted by atomic mass is 19.1. The normalized spacial score (nSPS) is 13.6. The summed E-state index contributed by atoms with van der Waals surface area (Å²) in [4.78, 5) is 0. The fraction of sp³-hybridized carbons (Fsp3) is 0.600. The summed E-state index contributed by atoms with van der Waals surface area (Å²) in [5.74, 6) is 0. The van der Waals surface area contributed by atoms with Crippen molar-refractivity contribution in [1.29, 1.82) is 0 Å². The van der Waals surface area contributed by atoms with E-state index in [-0.39, 0.29) is 0 Å². The van der Waals surface area contributed by atoms with Gasteiger partial charge in [0.15, 0.2) is 0 Å². The lowest BCUT2D eigenvalue weighted by Gasteiger charge is -2.02. The molecule has 0 N–H and O–H groups in total. The predicted octanol–water partition coefficient (Wildman–Crippen LogP) is 3.65. The zero-order chi connectivity index (χ0) is 8.53. The average molecular weight is 156 g/mol. The van der Waals surface area contributed by atoms with E-state index in [1.807, 2.05) is 13.0 Å². The molecule has 0 aliphatic heterocycles. The van der Waals surface area contributed by atoms with Crippen LogP contribution in [0.1, 0.15) is 32.6 Å². The molecule has 0 heterocycles. The number of unbranched alkanes of at least 4 members (excludes halogenated alkanes) is 1. The van der Waals surface area contributed by atoms with Crippen LogP contribution in [0.3, 0.4) is 0 Å². The van der Waals surface area contributed by atoms with E-state index in [2.05, 4.69) is 12.7 Å². The molecule has 11 heavy (non-hydrogen) atoms. The summed E-state index contributed by atoms with van der Waals surface area (Å²) >= 11 is 0. The van der Waals surface area contributed by atoms with Crippen molar-refractivity contribution in [3.8, 4) is 0 Å². The fourth-order valence-corrected chi connectivity index (χ4v) is 0.923. The molecule has 0 amide bonds. The van der Waals surface area contributed by atoms with Crippen molar-refractivity contribution in [2.45, 2.75) is 38.8 Å². The molecule has 0 aromatic heterocycles. The minimum absolute atomic E-state index is 0.496. The molecule has 0 rings (SSSR count). The van der Waals surface area contributed by atoms with Crippen LogP contribution in [0.15, 0.2) is 24.8 Å². The van der Waals surface area contributed by atoms with E-state index in [0.29, 0.717) is 12.8 Å². The number of allylic oxidation sites excluding steroid dienone is 3. The smallest absolute Gasteiger partial charge is 0.104 e. The second kappa shape index (κ2) is 7.52. The molecule has 0 aliphatic carbocycles. The summed E-state index contributed by atoms with van der Waals surface area (Å²) in [6.07, 6.45) is 8.12.